The lowest BCUT2D eigenvalue weighted by molar-refractivity contribution is 1.08. The number of hydrogen-bond donors (Lipinski definition) is 1. The summed E-state index contributed by atoms with van der Waals surface area (Å²) in [6, 6.07) is 18.4. The van der Waals surface area contributed by atoms with Crippen LogP contribution in [0, 0.1) is 13.8 Å². The van der Waals surface area contributed by atoms with Crippen molar-refractivity contribution in [1.82, 2.24) is 9.97 Å². The number of nitrogens with one attached hydrogen (secondary N) is 1. The SMILES string of the molecule is Cc1cc(C)cc(Nc2nccc(N(C)c3ccccc3)n2)c1. The lowest BCUT2D eigenvalue weighted by atomic mass is 10.1. The standard InChI is InChI=1S/C19H20N4/c1-14-11-15(2)13-16(12-14)21-19-20-10-9-18(22-19)23(3)17-7-5-4-6-8-17/h4-13H,1-3H3,(H,20,21,22). The van der Waals surface area contributed by atoms with E-state index in [4.69, 9.17) is 0 Å². The van der Waals surface area contributed by atoms with Gasteiger partial charge in [-0.3, -0.25) is 0 Å². The van der Waals surface area contributed by atoms with Crippen LogP contribution in [0.4, 0.5) is 23.1 Å². The Labute approximate surface area is 136 Å². The Morgan fingerprint density at radius 3 is 2.30 bits per heavy atom. The van der Waals surface area contributed by atoms with Crippen LogP contribution in [0.5, 0.6) is 0 Å². The van der Waals surface area contributed by atoms with Crippen molar-refractivity contribution < 1.29 is 0 Å². The van der Waals surface area contributed by atoms with Gasteiger partial charge >= 0.3 is 0 Å². The molecule has 0 spiro atoms. The lowest BCUT2D eigenvalue weighted by Gasteiger charge is -2.18. The molecule has 0 atom stereocenters. The third-order valence-electron chi connectivity index (χ3n) is 3.61. The Bertz CT molecular complexity index is 779. The van der Waals surface area contributed by atoms with Crippen LogP contribution < -0.4 is 10.2 Å². The topological polar surface area (TPSA) is 41.1 Å². The minimum atomic E-state index is 0.593. The third-order valence-corrected chi connectivity index (χ3v) is 3.61. The molecule has 3 rings (SSSR count). The van der Waals surface area contributed by atoms with E-state index in [9.17, 15) is 0 Å². The largest absolute Gasteiger partial charge is 0.329 e. The van der Waals surface area contributed by atoms with Gasteiger partial charge in [0.25, 0.3) is 0 Å². The van der Waals surface area contributed by atoms with Gasteiger partial charge in [-0.25, -0.2) is 4.98 Å². The second kappa shape index (κ2) is 6.48. The quantitative estimate of drug-likeness (QED) is 0.764. The molecule has 116 valence electrons. The highest BCUT2D eigenvalue weighted by Gasteiger charge is 2.07. The number of benzene rings is 2. The molecule has 0 unspecified atom stereocenters. The molecule has 0 radical (unpaired) electrons. The Hall–Kier alpha value is -2.88. The molecule has 3 aromatic rings. The number of anilines is 4. The van der Waals surface area contributed by atoms with Crippen molar-refractivity contribution >= 4 is 23.1 Å². The molecule has 0 aliphatic heterocycles. The summed E-state index contributed by atoms with van der Waals surface area (Å²) < 4.78 is 0. The Balaban J connectivity index is 1.85. The molecule has 0 bridgehead atoms. The fourth-order valence-electron chi connectivity index (χ4n) is 2.56. The average Bonchev–Trinajstić information content (AvgIpc) is 2.54. The molecule has 4 heteroatoms. The van der Waals surface area contributed by atoms with Gasteiger partial charge in [0.05, 0.1) is 0 Å². The van der Waals surface area contributed by atoms with Crippen LogP contribution in [0.3, 0.4) is 0 Å². The molecule has 1 aromatic heterocycles. The highest BCUT2D eigenvalue weighted by molar-refractivity contribution is 5.61. The summed E-state index contributed by atoms with van der Waals surface area (Å²) in [7, 11) is 2.00. The van der Waals surface area contributed by atoms with Gasteiger partial charge < -0.3 is 10.2 Å². The summed E-state index contributed by atoms with van der Waals surface area (Å²) in [5, 5.41) is 3.28. The summed E-state index contributed by atoms with van der Waals surface area (Å²) in [5.41, 5.74) is 4.51. The molecule has 2 aromatic carbocycles. The van der Waals surface area contributed by atoms with Gasteiger partial charge in [-0.2, -0.15) is 4.98 Å². The zero-order valence-electron chi connectivity index (χ0n) is 13.6. The average molecular weight is 304 g/mol. The second-order valence-electron chi connectivity index (χ2n) is 5.63. The van der Waals surface area contributed by atoms with Gasteiger partial charge in [-0.1, -0.05) is 24.3 Å². The number of para-hydroxylation sites is 1. The van der Waals surface area contributed by atoms with Crippen LogP contribution in [0.15, 0.2) is 60.8 Å². The summed E-state index contributed by atoms with van der Waals surface area (Å²) in [6.45, 7) is 4.16. The number of nitrogens with zero attached hydrogens (tertiary/aromatic N) is 3. The first kappa shape index (κ1) is 15.0. The molecule has 0 amide bonds. The summed E-state index contributed by atoms with van der Waals surface area (Å²) in [6.07, 6.45) is 1.77. The molecule has 4 nitrogen and oxygen atoms in total. The minimum absolute atomic E-state index is 0.593. The molecule has 0 fully saturated rings. The highest BCUT2D eigenvalue weighted by atomic mass is 15.2. The van der Waals surface area contributed by atoms with Crippen LogP contribution in [-0.2, 0) is 0 Å². The number of aromatic nitrogens is 2. The van der Waals surface area contributed by atoms with E-state index < -0.39 is 0 Å². The molecule has 0 aliphatic rings. The fraction of sp³-hybridized carbons (Fsp3) is 0.158. The minimum Gasteiger partial charge on any atom is -0.329 e. The van der Waals surface area contributed by atoms with Crippen molar-refractivity contribution in [1.29, 1.82) is 0 Å². The van der Waals surface area contributed by atoms with Crippen molar-refractivity contribution in [3.05, 3.63) is 71.9 Å². The zero-order valence-corrected chi connectivity index (χ0v) is 13.6. The van der Waals surface area contributed by atoms with E-state index in [0.717, 1.165) is 17.2 Å². The second-order valence-corrected chi connectivity index (χ2v) is 5.63. The highest BCUT2D eigenvalue weighted by Crippen LogP contribution is 2.23. The molecular formula is C19H20N4. The van der Waals surface area contributed by atoms with E-state index in [1.54, 1.807) is 6.20 Å². The lowest BCUT2D eigenvalue weighted by Crippen LogP contribution is -2.12. The number of rotatable bonds is 4. The van der Waals surface area contributed by atoms with Gasteiger partial charge in [0.2, 0.25) is 5.95 Å². The zero-order chi connectivity index (χ0) is 16.2. The maximum absolute atomic E-state index is 4.61. The summed E-state index contributed by atoms with van der Waals surface area (Å²) in [5.74, 6) is 1.44. The molecule has 0 aliphatic carbocycles. The van der Waals surface area contributed by atoms with Crippen molar-refractivity contribution in [3.63, 3.8) is 0 Å². The first-order chi connectivity index (χ1) is 11.1. The number of hydrogen-bond acceptors (Lipinski definition) is 4. The van der Waals surface area contributed by atoms with Gasteiger partial charge in [-0.05, 0) is 55.3 Å². The number of aryl methyl sites for hydroxylation is 2. The van der Waals surface area contributed by atoms with Crippen LogP contribution in [0.25, 0.3) is 0 Å². The molecule has 0 saturated heterocycles. The molecule has 1 N–H and O–H groups in total. The van der Waals surface area contributed by atoms with Crippen LogP contribution in [0.1, 0.15) is 11.1 Å². The van der Waals surface area contributed by atoms with Crippen LogP contribution in [-0.4, -0.2) is 17.0 Å². The third kappa shape index (κ3) is 3.66. The molecule has 0 saturated carbocycles. The van der Waals surface area contributed by atoms with Crippen molar-refractivity contribution in [2.75, 3.05) is 17.3 Å². The van der Waals surface area contributed by atoms with E-state index >= 15 is 0 Å². The van der Waals surface area contributed by atoms with E-state index in [1.165, 1.54) is 11.1 Å². The summed E-state index contributed by atoms with van der Waals surface area (Å²) >= 11 is 0. The Morgan fingerprint density at radius 1 is 0.913 bits per heavy atom. The monoisotopic (exact) mass is 304 g/mol. The first-order valence-electron chi connectivity index (χ1n) is 7.59. The van der Waals surface area contributed by atoms with E-state index in [2.05, 4.69) is 59.5 Å². The Kier molecular flexibility index (Phi) is 4.24. The van der Waals surface area contributed by atoms with Crippen LogP contribution >= 0.6 is 0 Å². The van der Waals surface area contributed by atoms with Crippen LogP contribution in [0.2, 0.25) is 0 Å². The van der Waals surface area contributed by atoms with Crippen molar-refractivity contribution in [2.24, 2.45) is 0 Å². The van der Waals surface area contributed by atoms with E-state index in [0.29, 0.717) is 5.95 Å². The van der Waals surface area contributed by atoms with Crippen molar-refractivity contribution in [2.45, 2.75) is 13.8 Å². The van der Waals surface area contributed by atoms with Gasteiger partial charge in [0.1, 0.15) is 5.82 Å². The predicted octanol–water partition coefficient (Wildman–Crippen LogP) is 4.60. The first-order valence-corrected chi connectivity index (χ1v) is 7.59. The molecule has 1 heterocycles. The predicted molar refractivity (Wildman–Crippen MR) is 95.7 cm³/mol. The van der Waals surface area contributed by atoms with Gasteiger partial charge in [-0.15, -0.1) is 0 Å². The Morgan fingerprint density at radius 2 is 1.61 bits per heavy atom. The fourth-order valence-corrected chi connectivity index (χ4v) is 2.56. The smallest absolute Gasteiger partial charge is 0.229 e. The van der Waals surface area contributed by atoms with E-state index in [1.807, 2.05) is 36.2 Å². The van der Waals surface area contributed by atoms with E-state index in [-0.39, 0.29) is 0 Å². The maximum atomic E-state index is 4.61. The normalized spacial score (nSPS) is 10.4. The van der Waals surface area contributed by atoms with Gasteiger partial charge in [0.15, 0.2) is 0 Å². The van der Waals surface area contributed by atoms with Gasteiger partial charge in [0, 0.05) is 24.6 Å². The maximum Gasteiger partial charge on any atom is 0.229 e. The molecule has 23 heavy (non-hydrogen) atoms. The molecular weight excluding hydrogens is 284 g/mol. The summed E-state index contributed by atoms with van der Waals surface area (Å²) in [4.78, 5) is 11.0. The van der Waals surface area contributed by atoms with Crippen molar-refractivity contribution in [3.8, 4) is 0 Å².